The molecule has 184 valence electrons. The Morgan fingerprint density at radius 2 is 1.55 bits per heavy atom. The molecule has 3 heterocycles. The van der Waals surface area contributed by atoms with Crippen LogP contribution in [0, 0.1) is 5.92 Å². The maximum atomic E-state index is 12.9. The molecule has 7 nitrogen and oxygen atoms in total. The van der Waals surface area contributed by atoms with Gasteiger partial charge in [0.1, 0.15) is 5.75 Å². The zero-order valence-corrected chi connectivity index (χ0v) is 20.7. The number of nitrogens with zero attached hydrogens (tertiary/aromatic N) is 4. The molecule has 3 aliphatic rings. The summed E-state index contributed by atoms with van der Waals surface area (Å²) in [4.78, 5) is 22.3. The molecular formula is C26H42N4O3. The molecule has 3 saturated heterocycles. The minimum atomic E-state index is 0.299. The molecule has 4 rings (SSSR count). The highest BCUT2D eigenvalue weighted by molar-refractivity contribution is 5.78. The summed E-state index contributed by atoms with van der Waals surface area (Å²) in [6.45, 7) is 14.8. The number of ether oxygens (including phenoxy) is 2. The Balaban J connectivity index is 1.13. The van der Waals surface area contributed by atoms with E-state index < -0.39 is 0 Å². The number of piperidine rings is 1. The van der Waals surface area contributed by atoms with E-state index in [0.29, 0.717) is 24.7 Å². The standard InChI is InChI=1S/C26H42N4O3/c1-21-16-29(17-22(2)33-21)19-24-8-10-27(11-9-24)20-26(31)30-14-12-28(13-15-30)18-23-4-6-25(32-3)7-5-23/h4-7,21-22,24H,8-20H2,1-3H3. The second kappa shape index (κ2) is 11.6. The molecule has 3 aliphatic heterocycles. The highest BCUT2D eigenvalue weighted by Crippen LogP contribution is 2.21. The molecule has 2 atom stereocenters. The zero-order valence-electron chi connectivity index (χ0n) is 20.7. The number of hydrogen-bond acceptors (Lipinski definition) is 6. The first-order valence-electron chi connectivity index (χ1n) is 12.7. The summed E-state index contributed by atoms with van der Waals surface area (Å²) in [5.41, 5.74) is 1.29. The van der Waals surface area contributed by atoms with Gasteiger partial charge in [0.25, 0.3) is 0 Å². The van der Waals surface area contributed by atoms with Crippen molar-refractivity contribution in [2.45, 2.75) is 45.4 Å². The van der Waals surface area contributed by atoms with Gasteiger partial charge in [-0.15, -0.1) is 0 Å². The summed E-state index contributed by atoms with van der Waals surface area (Å²) >= 11 is 0. The Morgan fingerprint density at radius 1 is 0.909 bits per heavy atom. The molecule has 7 heteroatoms. The van der Waals surface area contributed by atoms with E-state index in [1.165, 1.54) is 24.9 Å². The number of hydrogen-bond donors (Lipinski definition) is 0. The van der Waals surface area contributed by atoms with Gasteiger partial charge in [-0.25, -0.2) is 0 Å². The fourth-order valence-corrected chi connectivity index (χ4v) is 5.56. The van der Waals surface area contributed by atoms with Crippen LogP contribution in [0.1, 0.15) is 32.3 Å². The number of rotatable bonds is 7. The molecular weight excluding hydrogens is 416 g/mol. The average Bonchev–Trinajstić information content (AvgIpc) is 2.81. The van der Waals surface area contributed by atoms with Crippen molar-refractivity contribution >= 4 is 5.91 Å². The van der Waals surface area contributed by atoms with E-state index >= 15 is 0 Å². The topological polar surface area (TPSA) is 48.5 Å². The normalized spacial score (nSPS) is 26.5. The van der Waals surface area contributed by atoms with E-state index in [9.17, 15) is 4.79 Å². The van der Waals surface area contributed by atoms with Gasteiger partial charge in [-0.05, 0) is 63.4 Å². The Labute approximate surface area is 199 Å². The lowest BCUT2D eigenvalue weighted by atomic mass is 9.95. The lowest BCUT2D eigenvalue weighted by molar-refractivity contribution is -0.134. The van der Waals surface area contributed by atoms with Gasteiger partial charge in [-0.2, -0.15) is 0 Å². The van der Waals surface area contributed by atoms with E-state index in [4.69, 9.17) is 9.47 Å². The quantitative estimate of drug-likeness (QED) is 0.624. The minimum absolute atomic E-state index is 0.299. The molecule has 0 aromatic heterocycles. The first-order valence-corrected chi connectivity index (χ1v) is 12.7. The van der Waals surface area contributed by atoms with Gasteiger partial charge in [-0.1, -0.05) is 12.1 Å². The summed E-state index contributed by atoms with van der Waals surface area (Å²) in [5.74, 6) is 1.94. The summed E-state index contributed by atoms with van der Waals surface area (Å²) in [6, 6.07) is 8.28. The molecule has 0 saturated carbocycles. The van der Waals surface area contributed by atoms with Crippen LogP contribution < -0.4 is 4.74 Å². The molecule has 0 bridgehead atoms. The first kappa shape index (κ1) is 24.5. The van der Waals surface area contributed by atoms with Crippen LogP contribution in [0.2, 0.25) is 0 Å². The molecule has 3 fully saturated rings. The Morgan fingerprint density at radius 3 is 2.15 bits per heavy atom. The fourth-order valence-electron chi connectivity index (χ4n) is 5.56. The highest BCUT2D eigenvalue weighted by atomic mass is 16.5. The summed E-state index contributed by atoms with van der Waals surface area (Å²) in [6.07, 6.45) is 3.07. The van der Waals surface area contributed by atoms with E-state index in [-0.39, 0.29) is 0 Å². The van der Waals surface area contributed by atoms with Gasteiger partial charge in [-0.3, -0.25) is 19.5 Å². The monoisotopic (exact) mass is 458 g/mol. The summed E-state index contributed by atoms with van der Waals surface area (Å²) in [5, 5.41) is 0. The minimum Gasteiger partial charge on any atom is -0.497 e. The molecule has 33 heavy (non-hydrogen) atoms. The van der Waals surface area contributed by atoms with Crippen molar-refractivity contribution < 1.29 is 14.3 Å². The molecule has 2 unspecified atom stereocenters. The summed E-state index contributed by atoms with van der Waals surface area (Å²) in [7, 11) is 1.69. The van der Waals surface area contributed by atoms with Crippen molar-refractivity contribution in [3.63, 3.8) is 0 Å². The molecule has 0 spiro atoms. The van der Waals surface area contributed by atoms with E-state index in [0.717, 1.165) is 70.6 Å². The number of morpholine rings is 1. The molecule has 1 amide bonds. The predicted octanol–water partition coefficient (Wildman–Crippen LogP) is 2.16. The molecule has 0 N–H and O–H groups in total. The molecule has 0 radical (unpaired) electrons. The van der Waals surface area contributed by atoms with Crippen LogP contribution in [0.15, 0.2) is 24.3 Å². The Bertz CT molecular complexity index is 732. The highest BCUT2D eigenvalue weighted by Gasteiger charge is 2.28. The van der Waals surface area contributed by atoms with Crippen LogP contribution in [0.5, 0.6) is 5.75 Å². The Hall–Kier alpha value is -1.67. The van der Waals surface area contributed by atoms with Crippen molar-refractivity contribution in [3.05, 3.63) is 29.8 Å². The average molecular weight is 459 g/mol. The van der Waals surface area contributed by atoms with Crippen molar-refractivity contribution in [1.82, 2.24) is 19.6 Å². The van der Waals surface area contributed by atoms with Crippen LogP contribution in [0.4, 0.5) is 0 Å². The van der Waals surface area contributed by atoms with Gasteiger partial charge >= 0.3 is 0 Å². The lowest BCUT2D eigenvalue weighted by Gasteiger charge is -2.40. The number of amides is 1. The molecule has 0 aliphatic carbocycles. The van der Waals surface area contributed by atoms with Gasteiger partial charge in [0, 0.05) is 52.4 Å². The predicted molar refractivity (Wildman–Crippen MR) is 130 cm³/mol. The third-order valence-corrected chi connectivity index (χ3v) is 7.37. The number of piperazine rings is 1. The van der Waals surface area contributed by atoms with Crippen molar-refractivity contribution in [2.24, 2.45) is 5.92 Å². The maximum absolute atomic E-state index is 12.9. The van der Waals surface area contributed by atoms with Gasteiger partial charge in [0.2, 0.25) is 5.91 Å². The fraction of sp³-hybridized carbons (Fsp3) is 0.731. The first-order chi connectivity index (χ1) is 16.0. The Kier molecular flexibility index (Phi) is 8.63. The van der Waals surface area contributed by atoms with E-state index in [1.807, 2.05) is 12.1 Å². The van der Waals surface area contributed by atoms with Gasteiger partial charge < -0.3 is 14.4 Å². The second-order valence-corrected chi connectivity index (χ2v) is 10.2. The number of methoxy groups -OCH3 is 1. The largest absolute Gasteiger partial charge is 0.497 e. The smallest absolute Gasteiger partial charge is 0.236 e. The number of benzene rings is 1. The van der Waals surface area contributed by atoms with Crippen molar-refractivity contribution in [3.8, 4) is 5.75 Å². The van der Waals surface area contributed by atoms with Crippen LogP contribution in [0.25, 0.3) is 0 Å². The van der Waals surface area contributed by atoms with Crippen LogP contribution in [-0.4, -0.2) is 110 Å². The number of carbonyl (C=O) groups excluding carboxylic acids is 1. The third-order valence-electron chi connectivity index (χ3n) is 7.37. The van der Waals surface area contributed by atoms with Crippen LogP contribution >= 0.6 is 0 Å². The van der Waals surface area contributed by atoms with Crippen molar-refractivity contribution in [2.75, 3.05) is 72.6 Å². The van der Waals surface area contributed by atoms with Crippen molar-refractivity contribution in [1.29, 1.82) is 0 Å². The zero-order chi connectivity index (χ0) is 23.2. The van der Waals surface area contributed by atoms with Gasteiger partial charge in [0.15, 0.2) is 0 Å². The third kappa shape index (κ3) is 7.15. The number of carbonyl (C=O) groups is 1. The lowest BCUT2D eigenvalue weighted by Crippen LogP contribution is -2.52. The van der Waals surface area contributed by atoms with Crippen LogP contribution in [0.3, 0.4) is 0 Å². The van der Waals surface area contributed by atoms with Gasteiger partial charge in [0.05, 0.1) is 25.9 Å². The summed E-state index contributed by atoms with van der Waals surface area (Å²) < 4.78 is 11.1. The number of likely N-dealkylation sites (tertiary alicyclic amines) is 1. The molecule has 1 aromatic carbocycles. The maximum Gasteiger partial charge on any atom is 0.236 e. The second-order valence-electron chi connectivity index (χ2n) is 10.2. The SMILES string of the molecule is COc1ccc(CN2CCN(C(=O)CN3CCC(CN4CC(C)OC(C)C4)CC3)CC2)cc1. The van der Waals surface area contributed by atoms with E-state index in [1.54, 1.807) is 7.11 Å². The molecule has 1 aromatic rings. The van der Waals surface area contributed by atoms with E-state index in [2.05, 4.69) is 45.6 Å². The van der Waals surface area contributed by atoms with Crippen LogP contribution in [-0.2, 0) is 16.1 Å².